The second-order valence-corrected chi connectivity index (χ2v) is 10.8. The maximum absolute atomic E-state index is 13.0. The van der Waals surface area contributed by atoms with Crippen LogP contribution in [0.25, 0.3) is 0 Å². The van der Waals surface area contributed by atoms with Gasteiger partial charge in [0.2, 0.25) is 0 Å². The van der Waals surface area contributed by atoms with Gasteiger partial charge in [-0.1, -0.05) is 18.6 Å². The molecule has 0 bridgehead atoms. The van der Waals surface area contributed by atoms with Crippen LogP contribution >= 0.6 is 22.6 Å². The van der Waals surface area contributed by atoms with Gasteiger partial charge in [0.05, 0.1) is 17.4 Å². The number of nitrogens with zero attached hydrogens (tertiary/aromatic N) is 1. The second kappa shape index (κ2) is 8.77. The van der Waals surface area contributed by atoms with Crippen LogP contribution in [0.15, 0.2) is 24.3 Å². The zero-order valence-corrected chi connectivity index (χ0v) is 20.3. The first kappa shape index (κ1) is 23.5. The van der Waals surface area contributed by atoms with Gasteiger partial charge in [0.25, 0.3) is 0 Å². The van der Waals surface area contributed by atoms with E-state index in [-0.39, 0.29) is 11.3 Å². The van der Waals surface area contributed by atoms with E-state index in [1.807, 2.05) is 0 Å². The number of hydrogen-bond acceptors (Lipinski definition) is 4. The minimum Gasteiger partial charge on any atom is -0.388 e. The van der Waals surface area contributed by atoms with E-state index in [1.54, 1.807) is 0 Å². The zero-order chi connectivity index (χ0) is 23.4. The normalized spacial score (nSPS) is 23.8. The van der Waals surface area contributed by atoms with E-state index < -0.39 is 23.9 Å². The third-order valence-electron chi connectivity index (χ3n) is 7.67. The molecule has 1 saturated carbocycles. The van der Waals surface area contributed by atoms with Crippen LogP contribution in [0.5, 0.6) is 0 Å². The van der Waals surface area contributed by atoms with Crippen molar-refractivity contribution in [3.05, 3.63) is 61.5 Å². The molecular formula is C25H27F3INO3. The number of halogens is 4. The SMILES string of the molecule is OC1CC2(CCC2)Cc2nc(C3CCOCC3)c([C@H](O)c3ccc(C(F)(F)F)cc3)c(I)c21. The summed E-state index contributed by atoms with van der Waals surface area (Å²) < 4.78 is 45.4. The molecule has 5 rings (SSSR count). The predicted octanol–water partition coefficient (Wildman–Crippen LogP) is 5.83. The summed E-state index contributed by atoms with van der Waals surface area (Å²) in [5, 5.41) is 22.5. The monoisotopic (exact) mass is 573 g/mol. The van der Waals surface area contributed by atoms with Gasteiger partial charge in [0, 0.05) is 39.5 Å². The van der Waals surface area contributed by atoms with Crippen LogP contribution in [0.4, 0.5) is 13.2 Å². The molecule has 1 aromatic carbocycles. The van der Waals surface area contributed by atoms with Crippen LogP contribution in [-0.2, 0) is 17.3 Å². The van der Waals surface area contributed by atoms with E-state index in [0.29, 0.717) is 30.8 Å². The third kappa shape index (κ3) is 4.32. The first-order valence-corrected chi connectivity index (χ1v) is 12.6. The average molecular weight is 573 g/mol. The lowest BCUT2D eigenvalue weighted by atomic mass is 9.59. The Kier molecular flexibility index (Phi) is 6.25. The summed E-state index contributed by atoms with van der Waals surface area (Å²) in [5.74, 6) is 0.105. The van der Waals surface area contributed by atoms with Crippen molar-refractivity contribution in [2.75, 3.05) is 13.2 Å². The van der Waals surface area contributed by atoms with Crippen molar-refractivity contribution in [2.45, 2.75) is 69.2 Å². The average Bonchev–Trinajstić information content (AvgIpc) is 2.77. The predicted molar refractivity (Wildman–Crippen MR) is 125 cm³/mol. The molecule has 178 valence electrons. The molecule has 1 saturated heterocycles. The van der Waals surface area contributed by atoms with Gasteiger partial charge in [-0.2, -0.15) is 13.2 Å². The Labute approximate surface area is 204 Å². The Bertz CT molecular complexity index is 1030. The van der Waals surface area contributed by atoms with Crippen molar-refractivity contribution in [3.8, 4) is 0 Å². The molecule has 33 heavy (non-hydrogen) atoms. The van der Waals surface area contributed by atoms with Crippen molar-refractivity contribution in [3.63, 3.8) is 0 Å². The van der Waals surface area contributed by atoms with Gasteiger partial charge >= 0.3 is 6.18 Å². The first-order valence-electron chi connectivity index (χ1n) is 11.5. The number of fused-ring (bicyclic) bond motifs is 1. The fraction of sp³-hybridized carbons (Fsp3) is 0.560. The number of pyridine rings is 1. The van der Waals surface area contributed by atoms with Gasteiger partial charge in [0.1, 0.15) is 6.10 Å². The van der Waals surface area contributed by atoms with Gasteiger partial charge in [-0.25, -0.2) is 0 Å². The Morgan fingerprint density at radius 3 is 2.36 bits per heavy atom. The highest BCUT2D eigenvalue weighted by atomic mass is 127. The number of benzene rings is 1. The van der Waals surface area contributed by atoms with E-state index in [9.17, 15) is 23.4 Å². The van der Waals surface area contributed by atoms with Crippen molar-refractivity contribution in [1.29, 1.82) is 0 Å². The summed E-state index contributed by atoms with van der Waals surface area (Å²) in [7, 11) is 0. The fourth-order valence-corrected chi connectivity index (χ4v) is 6.93. The van der Waals surface area contributed by atoms with Crippen molar-refractivity contribution >= 4 is 22.6 Å². The highest BCUT2D eigenvalue weighted by Crippen LogP contribution is 2.54. The molecule has 0 amide bonds. The van der Waals surface area contributed by atoms with Crippen LogP contribution in [0.2, 0.25) is 0 Å². The number of aliphatic hydroxyl groups is 2. The summed E-state index contributed by atoms with van der Waals surface area (Å²) in [5.41, 5.74) is 2.89. The summed E-state index contributed by atoms with van der Waals surface area (Å²) in [4.78, 5) is 5.07. The zero-order valence-electron chi connectivity index (χ0n) is 18.2. The lowest BCUT2D eigenvalue weighted by Gasteiger charge is -2.47. The molecule has 0 radical (unpaired) electrons. The Morgan fingerprint density at radius 2 is 1.79 bits per heavy atom. The molecule has 2 atom stereocenters. The number of alkyl halides is 3. The first-order chi connectivity index (χ1) is 15.7. The molecule has 2 aliphatic carbocycles. The van der Waals surface area contributed by atoms with Gasteiger partial charge < -0.3 is 14.9 Å². The summed E-state index contributed by atoms with van der Waals surface area (Å²) in [6.07, 6.45) is 0.278. The minimum atomic E-state index is -4.43. The Balaban J connectivity index is 1.60. The molecular weight excluding hydrogens is 546 g/mol. The van der Waals surface area contributed by atoms with Crippen LogP contribution < -0.4 is 0 Å². The van der Waals surface area contributed by atoms with Crippen LogP contribution in [-0.4, -0.2) is 28.4 Å². The molecule has 1 unspecified atom stereocenters. The standard InChI is InChI=1S/C25H27F3INO3/c26-25(27,28)16-4-2-15(3-5-16)23(32)20-21(29)19-17(12-24(8-1-9-24)13-18(19)31)30-22(20)14-6-10-33-11-7-14/h2-5,14,18,23,31-32H,1,6-13H2/t18?,23-/m1/s1. The van der Waals surface area contributed by atoms with E-state index in [4.69, 9.17) is 9.72 Å². The number of aromatic nitrogens is 1. The maximum Gasteiger partial charge on any atom is 0.416 e. The number of aliphatic hydroxyl groups excluding tert-OH is 2. The van der Waals surface area contributed by atoms with Crippen molar-refractivity contribution < 1.29 is 28.1 Å². The molecule has 3 aliphatic rings. The Morgan fingerprint density at radius 1 is 1.12 bits per heavy atom. The molecule has 2 fully saturated rings. The quantitative estimate of drug-likeness (QED) is 0.454. The third-order valence-corrected chi connectivity index (χ3v) is 8.83. The highest BCUT2D eigenvalue weighted by molar-refractivity contribution is 14.1. The van der Waals surface area contributed by atoms with E-state index in [0.717, 1.165) is 64.8 Å². The fourth-order valence-electron chi connectivity index (χ4n) is 5.68. The van der Waals surface area contributed by atoms with Crippen LogP contribution in [0.1, 0.15) is 90.3 Å². The highest BCUT2D eigenvalue weighted by Gasteiger charge is 2.45. The van der Waals surface area contributed by atoms with Gasteiger partial charge in [-0.05, 0) is 84.2 Å². The Hall–Kier alpha value is -1.23. The number of ether oxygens (including phenoxy) is 1. The molecule has 2 aromatic rings. The molecule has 1 aliphatic heterocycles. The summed E-state index contributed by atoms with van der Waals surface area (Å²) >= 11 is 2.19. The smallest absolute Gasteiger partial charge is 0.388 e. The van der Waals surface area contributed by atoms with Crippen molar-refractivity contribution in [2.24, 2.45) is 5.41 Å². The van der Waals surface area contributed by atoms with E-state index in [1.165, 1.54) is 18.6 Å². The van der Waals surface area contributed by atoms with Gasteiger partial charge in [0.15, 0.2) is 0 Å². The lowest BCUT2D eigenvalue weighted by Crippen LogP contribution is -2.38. The molecule has 8 heteroatoms. The molecule has 4 nitrogen and oxygen atoms in total. The van der Waals surface area contributed by atoms with Gasteiger partial charge in [-0.3, -0.25) is 4.98 Å². The molecule has 1 aromatic heterocycles. The van der Waals surface area contributed by atoms with Crippen LogP contribution in [0, 0.1) is 8.99 Å². The maximum atomic E-state index is 13.0. The molecule has 1 spiro atoms. The summed E-state index contributed by atoms with van der Waals surface area (Å²) in [6.45, 7) is 1.23. The van der Waals surface area contributed by atoms with E-state index in [2.05, 4.69) is 22.6 Å². The van der Waals surface area contributed by atoms with Crippen LogP contribution in [0.3, 0.4) is 0 Å². The topological polar surface area (TPSA) is 62.6 Å². The minimum absolute atomic E-state index is 0.105. The lowest BCUT2D eigenvalue weighted by molar-refractivity contribution is -0.137. The summed E-state index contributed by atoms with van der Waals surface area (Å²) in [6, 6.07) is 4.66. The van der Waals surface area contributed by atoms with E-state index >= 15 is 0 Å². The van der Waals surface area contributed by atoms with Gasteiger partial charge in [-0.15, -0.1) is 0 Å². The van der Waals surface area contributed by atoms with Crippen molar-refractivity contribution in [1.82, 2.24) is 4.98 Å². The number of rotatable bonds is 3. The second-order valence-electron chi connectivity index (χ2n) is 9.74. The number of hydrogen-bond donors (Lipinski definition) is 2. The molecule has 2 heterocycles. The largest absolute Gasteiger partial charge is 0.416 e. The molecule has 2 N–H and O–H groups in total.